The molecule has 126 valence electrons. The highest BCUT2D eigenvalue weighted by Gasteiger charge is 2.13. The fourth-order valence-corrected chi connectivity index (χ4v) is 2.60. The highest BCUT2D eigenvalue weighted by atomic mass is 79.9. The number of carbonyl (C=O) groups is 1. The van der Waals surface area contributed by atoms with E-state index in [1.165, 1.54) is 6.33 Å². The molecule has 2 aromatic heterocycles. The molecule has 9 heteroatoms. The number of nitrogen functional groups attached to an aromatic ring is 1. The number of amides is 1. The summed E-state index contributed by atoms with van der Waals surface area (Å²) in [5, 5.41) is 0. The molecule has 0 spiro atoms. The summed E-state index contributed by atoms with van der Waals surface area (Å²) in [7, 11) is 0. The third-order valence-corrected chi connectivity index (χ3v) is 3.97. The lowest BCUT2D eigenvalue weighted by molar-refractivity contribution is -0.120. The smallest absolute Gasteiger partial charge is 0.244 e. The van der Waals surface area contributed by atoms with Crippen LogP contribution in [0.15, 0.2) is 53.4 Å². The normalized spacial score (nSPS) is 10.3. The lowest BCUT2D eigenvalue weighted by atomic mass is 10.1. The number of hydrogen-bond acceptors (Lipinski definition) is 7. The third-order valence-electron chi connectivity index (χ3n) is 3.22. The van der Waals surface area contributed by atoms with E-state index in [1.807, 2.05) is 30.3 Å². The van der Waals surface area contributed by atoms with Gasteiger partial charge in [-0.05, 0) is 22.0 Å². The van der Waals surface area contributed by atoms with Crippen molar-refractivity contribution >= 4 is 33.6 Å². The van der Waals surface area contributed by atoms with Crippen LogP contribution >= 0.6 is 15.9 Å². The minimum atomic E-state index is -0.274. The standard InChI is InChI=1S/C16H14BrN7O/c17-13-14(10-4-2-1-3-5-10)21-16(18)22-15(13)24-23-12(25)8-11-6-7-19-9-20-11/h1-7,9H,8H2,(H,23,25)(H3,18,21,22,24). The Hall–Kier alpha value is -3.07. The van der Waals surface area contributed by atoms with Crippen LogP contribution in [0.25, 0.3) is 11.3 Å². The van der Waals surface area contributed by atoms with Crippen LogP contribution in [0.1, 0.15) is 5.69 Å². The summed E-state index contributed by atoms with van der Waals surface area (Å²) in [4.78, 5) is 28.2. The van der Waals surface area contributed by atoms with Crippen LogP contribution in [0.3, 0.4) is 0 Å². The van der Waals surface area contributed by atoms with Crippen molar-refractivity contribution in [1.29, 1.82) is 0 Å². The van der Waals surface area contributed by atoms with E-state index in [2.05, 4.69) is 46.7 Å². The lowest BCUT2D eigenvalue weighted by Crippen LogP contribution is -2.31. The molecule has 0 saturated heterocycles. The van der Waals surface area contributed by atoms with Gasteiger partial charge in [-0.25, -0.2) is 15.0 Å². The first kappa shape index (κ1) is 16.8. The van der Waals surface area contributed by atoms with Crippen LogP contribution in [-0.4, -0.2) is 25.8 Å². The molecule has 1 aromatic carbocycles. The zero-order chi connectivity index (χ0) is 17.6. The monoisotopic (exact) mass is 399 g/mol. The molecular formula is C16H14BrN7O. The molecule has 3 rings (SSSR count). The molecule has 0 unspecified atom stereocenters. The Kier molecular flexibility index (Phi) is 5.14. The van der Waals surface area contributed by atoms with E-state index < -0.39 is 0 Å². The summed E-state index contributed by atoms with van der Waals surface area (Å²) in [5.74, 6) is 0.182. The van der Waals surface area contributed by atoms with Crippen LogP contribution in [-0.2, 0) is 11.2 Å². The minimum absolute atomic E-state index is 0.0922. The molecule has 0 radical (unpaired) electrons. The lowest BCUT2D eigenvalue weighted by Gasteiger charge is -2.12. The zero-order valence-corrected chi connectivity index (χ0v) is 14.6. The number of nitrogens with zero attached hydrogens (tertiary/aromatic N) is 4. The predicted molar refractivity (Wildman–Crippen MR) is 97.1 cm³/mol. The van der Waals surface area contributed by atoms with Gasteiger partial charge in [0, 0.05) is 11.8 Å². The summed E-state index contributed by atoms with van der Waals surface area (Å²) in [6, 6.07) is 11.2. The molecule has 0 atom stereocenters. The number of anilines is 2. The Bertz CT molecular complexity index is 874. The van der Waals surface area contributed by atoms with E-state index in [1.54, 1.807) is 12.3 Å². The molecule has 8 nitrogen and oxygen atoms in total. The summed E-state index contributed by atoms with van der Waals surface area (Å²) in [6.45, 7) is 0. The first-order chi connectivity index (χ1) is 12.1. The quantitative estimate of drug-likeness (QED) is 0.561. The Morgan fingerprint density at radius 2 is 1.96 bits per heavy atom. The molecule has 0 aliphatic carbocycles. The Balaban J connectivity index is 1.74. The van der Waals surface area contributed by atoms with E-state index in [4.69, 9.17) is 5.73 Å². The van der Waals surface area contributed by atoms with Gasteiger partial charge in [-0.3, -0.25) is 15.6 Å². The number of rotatable bonds is 5. The van der Waals surface area contributed by atoms with E-state index in [-0.39, 0.29) is 18.3 Å². The highest BCUT2D eigenvalue weighted by molar-refractivity contribution is 9.10. The molecule has 0 saturated carbocycles. The van der Waals surface area contributed by atoms with Gasteiger partial charge >= 0.3 is 0 Å². The van der Waals surface area contributed by atoms with Gasteiger partial charge < -0.3 is 5.73 Å². The number of benzene rings is 1. The van der Waals surface area contributed by atoms with Gasteiger partial charge in [0.1, 0.15) is 6.33 Å². The second-order valence-corrected chi connectivity index (χ2v) is 5.80. The van der Waals surface area contributed by atoms with Crippen molar-refractivity contribution in [2.24, 2.45) is 0 Å². The Labute approximate surface area is 152 Å². The number of nitrogens with two attached hydrogens (primary N) is 1. The van der Waals surface area contributed by atoms with Crippen molar-refractivity contribution in [3.8, 4) is 11.3 Å². The number of aromatic nitrogens is 4. The van der Waals surface area contributed by atoms with Gasteiger partial charge in [0.15, 0.2) is 5.82 Å². The first-order valence-electron chi connectivity index (χ1n) is 7.31. The van der Waals surface area contributed by atoms with Crippen LogP contribution in [0, 0.1) is 0 Å². The van der Waals surface area contributed by atoms with Gasteiger partial charge in [-0.2, -0.15) is 4.98 Å². The number of hydrogen-bond donors (Lipinski definition) is 3. The highest BCUT2D eigenvalue weighted by Crippen LogP contribution is 2.31. The van der Waals surface area contributed by atoms with Crippen molar-refractivity contribution in [2.75, 3.05) is 11.2 Å². The molecular weight excluding hydrogens is 386 g/mol. The molecule has 2 heterocycles. The molecule has 1 amide bonds. The number of hydrazine groups is 1. The molecule has 0 aliphatic rings. The maximum atomic E-state index is 12.0. The van der Waals surface area contributed by atoms with Crippen LogP contribution in [0.5, 0.6) is 0 Å². The average molecular weight is 400 g/mol. The second-order valence-electron chi connectivity index (χ2n) is 5.01. The number of carbonyl (C=O) groups excluding carboxylic acids is 1. The largest absolute Gasteiger partial charge is 0.368 e. The maximum absolute atomic E-state index is 12.0. The Morgan fingerprint density at radius 1 is 1.16 bits per heavy atom. The van der Waals surface area contributed by atoms with Gasteiger partial charge in [-0.15, -0.1) is 0 Å². The van der Waals surface area contributed by atoms with Crippen molar-refractivity contribution in [1.82, 2.24) is 25.4 Å². The fourth-order valence-electron chi connectivity index (χ4n) is 2.09. The SMILES string of the molecule is Nc1nc(NNC(=O)Cc2ccncn2)c(Br)c(-c2ccccc2)n1. The second kappa shape index (κ2) is 7.67. The predicted octanol–water partition coefficient (Wildman–Crippen LogP) is 1.96. The average Bonchev–Trinajstić information content (AvgIpc) is 2.63. The summed E-state index contributed by atoms with van der Waals surface area (Å²) in [6.07, 6.45) is 3.08. The van der Waals surface area contributed by atoms with Crippen molar-refractivity contribution in [3.63, 3.8) is 0 Å². The molecule has 0 fully saturated rings. The van der Waals surface area contributed by atoms with Crippen molar-refractivity contribution in [3.05, 3.63) is 59.1 Å². The summed E-state index contributed by atoms with van der Waals surface area (Å²) >= 11 is 3.45. The maximum Gasteiger partial charge on any atom is 0.244 e. The molecule has 0 aliphatic heterocycles. The molecule has 25 heavy (non-hydrogen) atoms. The van der Waals surface area contributed by atoms with Crippen LogP contribution in [0.4, 0.5) is 11.8 Å². The van der Waals surface area contributed by atoms with Crippen LogP contribution in [0.2, 0.25) is 0 Å². The van der Waals surface area contributed by atoms with Crippen molar-refractivity contribution in [2.45, 2.75) is 6.42 Å². The van der Waals surface area contributed by atoms with E-state index in [0.717, 1.165) is 5.56 Å². The topological polar surface area (TPSA) is 119 Å². The van der Waals surface area contributed by atoms with Gasteiger partial charge in [-0.1, -0.05) is 30.3 Å². The number of nitrogens with one attached hydrogen (secondary N) is 2. The van der Waals surface area contributed by atoms with E-state index >= 15 is 0 Å². The summed E-state index contributed by atoms with van der Waals surface area (Å²) < 4.78 is 0.593. The zero-order valence-electron chi connectivity index (χ0n) is 13.0. The third kappa shape index (κ3) is 4.27. The molecule has 4 N–H and O–H groups in total. The van der Waals surface area contributed by atoms with Gasteiger partial charge in [0.25, 0.3) is 0 Å². The van der Waals surface area contributed by atoms with Gasteiger partial charge in [0.05, 0.1) is 22.3 Å². The number of halogens is 1. The Morgan fingerprint density at radius 3 is 2.68 bits per heavy atom. The first-order valence-corrected chi connectivity index (χ1v) is 8.11. The van der Waals surface area contributed by atoms with Crippen molar-refractivity contribution < 1.29 is 4.79 Å². The minimum Gasteiger partial charge on any atom is -0.368 e. The van der Waals surface area contributed by atoms with E-state index in [0.29, 0.717) is 21.7 Å². The molecule has 3 aromatic rings. The molecule has 0 bridgehead atoms. The fraction of sp³-hybridized carbons (Fsp3) is 0.0625. The summed E-state index contributed by atoms with van der Waals surface area (Å²) in [5.41, 5.74) is 13.2. The van der Waals surface area contributed by atoms with Crippen LogP contribution < -0.4 is 16.6 Å². The van der Waals surface area contributed by atoms with E-state index in [9.17, 15) is 4.79 Å². The van der Waals surface area contributed by atoms with Gasteiger partial charge in [0.2, 0.25) is 11.9 Å².